The molecule has 3 aromatic rings. The van der Waals surface area contributed by atoms with Crippen molar-refractivity contribution >= 4 is 52.6 Å². The van der Waals surface area contributed by atoms with E-state index in [0.29, 0.717) is 27.4 Å². The lowest BCUT2D eigenvalue weighted by Gasteiger charge is -2.07. The van der Waals surface area contributed by atoms with E-state index in [1.165, 1.54) is 6.08 Å². The highest BCUT2D eigenvalue weighted by molar-refractivity contribution is 6.35. The normalized spacial score (nSPS) is 11.1. The molecule has 0 saturated heterocycles. The maximum Gasteiger partial charge on any atom is 0.249 e. The van der Waals surface area contributed by atoms with E-state index < -0.39 is 0 Å². The average molecular weight is 421 g/mol. The fourth-order valence-electron chi connectivity index (χ4n) is 2.49. The van der Waals surface area contributed by atoms with Gasteiger partial charge in [-0.25, -0.2) is 0 Å². The highest BCUT2D eigenvalue weighted by Gasteiger charge is 2.09. The Balaban J connectivity index is 1.69. The van der Waals surface area contributed by atoms with Crippen LogP contribution in [0, 0.1) is 6.92 Å². The number of nitrogens with one attached hydrogen (secondary N) is 1. The molecule has 0 spiro atoms. The van der Waals surface area contributed by atoms with E-state index in [9.17, 15) is 4.79 Å². The summed E-state index contributed by atoms with van der Waals surface area (Å²) >= 11 is 18.2. The van der Waals surface area contributed by atoms with Gasteiger partial charge in [-0.15, -0.1) is 0 Å². The summed E-state index contributed by atoms with van der Waals surface area (Å²) in [6.45, 7) is 2.39. The Morgan fingerprint density at radius 2 is 1.89 bits per heavy atom. The van der Waals surface area contributed by atoms with Crippen LogP contribution in [0.15, 0.2) is 54.6 Å². The van der Waals surface area contributed by atoms with Crippen LogP contribution >= 0.6 is 34.8 Å². The number of amides is 1. The van der Waals surface area contributed by atoms with Crippen LogP contribution in [-0.4, -0.2) is 15.7 Å². The van der Waals surface area contributed by atoms with Gasteiger partial charge in [0.2, 0.25) is 5.91 Å². The number of anilines is 1. The number of rotatable bonds is 5. The number of halogens is 3. The standard InChI is InChI=1S/C20H16Cl3N3O/c1-13-10-19(24-20(27)9-7-14-4-2-3-5-17(14)22)25-26(13)12-15-6-8-16(21)11-18(15)23/h2-11H,12H2,1H3,(H,24,25,27)/b9-7+. The number of nitrogens with zero attached hydrogens (tertiary/aromatic N) is 2. The Kier molecular flexibility index (Phi) is 6.22. The second kappa shape index (κ2) is 8.61. The van der Waals surface area contributed by atoms with Gasteiger partial charge in [-0.2, -0.15) is 5.10 Å². The van der Waals surface area contributed by atoms with Crippen molar-refractivity contribution < 1.29 is 4.79 Å². The first kappa shape index (κ1) is 19.5. The van der Waals surface area contributed by atoms with Gasteiger partial charge >= 0.3 is 0 Å². The predicted molar refractivity (Wildman–Crippen MR) is 112 cm³/mol. The molecule has 0 aliphatic heterocycles. The van der Waals surface area contributed by atoms with Crippen LogP contribution in [0.4, 0.5) is 5.82 Å². The van der Waals surface area contributed by atoms with Crippen LogP contribution < -0.4 is 5.32 Å². The van der Waals surface area contributed by atoms with Crippen LogP contribution in [0.3, 0.4) is 0 Å². The van der Waals surface area contributed by atoms with Crippen LogP contribution in [-0.2, 0) is 11.3 Å². The first-order valence-corrected chi connectivity index (χ1v) is 9.28. The third kappa shape index (κ3) is 5.13. The van der Waals surface area contributed by atoms with Gasteiger partial charge in [0.25, 0.3) is 0 Å². The molecule has 0 aliphatic rings. The SMILES string of the molecule is Cc1cc(NC(=O)/C=C/c2ccccc2Cl)nn1Cc1ccc(Cl)cc1Cl. The van der Waals surface area contributed by atoms with Crippen molar-refractivity contribution in [1.29, 1.82) is 0 Å². The lowest BCUT2D eigenvalue weighted by molar-refractivity contribution is -0.111. The smallest absolute Gasteiger partial charge is 0.249 e. The molecule has 0 unspecified atom stereocenters. The molecule has 27 heavy (non-hydrogen) atoms. The third-order valence-corrected chi connectivity index (χ3v) is 4.82. The quantitative estimate of drug-likeness (QED) is 0.526. The maximum atomic E-state index is 12.1. The zero-order valence-corrected chi connectivity index (χ0v) is 16.7. The fraction of sp³-hybridized carbons (Fsp3) is 0.100. The molecule has 3 rings (SSSR count). The Morgan fingerprint density at radius 1 is 1.11 bits per heavy atom. The van der Waals surface area contributed by atoms with E-state index in [-0.39, 0.29) is 5.91 Å². The van der Waals surface area contributed by atoms with E-state index in [0.717, 1.165) is 16.8 Å². The molecule has 0 bridgehead atoms. The van der Waals surface area contributed by atoms with E-state index in [1.807, 2.05) is 31.2 Å². The van der Waals surface area contributed by atoms with Crippen molar-refractivity contribution in [3.8, 4) is 0 Å². The van der Waals surface area contributed by atoms with Crippen molar-refractivity contribution in [2.45, 2.75) is 13.5 Å². The number of hydrogen-bond donors (Lipinski definition) is 1. The number of carbonyl (C=O) groups excluding carboxylic acids is 1. The van der Waals surface area contributed by atoms with E-state index in [1.54, 1.807) is 35.0 Å². The van der Waals surface area contributed by atoms with Crippen LogP contribution in [0.25, 0.3) is 6.08 Å². The van der Waals surface area contributed by atoms with Crippen molar-refractivity contribution in [3.05, 3.63) is 86.5 Å². The molecular weight excluding hydrogens is 405 g/mol. The van der Waals surface area contributed by atoms with Gasteiger partial charge in [0, 0.05) is 32.9 Å². The molecule has 2 aromatic carbocycles. The van der Waals surface area contributed by atoms with Gasteiger partial charge in [0.05, 0.1) is 6.54 Å². The maximum absolute atomic E-state index is 12.1. The topological polar surface area (TPSA) is 46.9 Å². The van der Waals surface area contributed by atoms with Crippen LogP contribution in [0.2, 0.25) is 15.1 Å². The largest absolute Gasteiger partial charge is 0.306 e. The molecule has 0 radical (unpaired) electrons. The first-order chi connectivity index (χ1) is 12.9. The minimum absolute atomic E-state index is 0.288. The minimum atomic E-state index is -0.288. The van der Waals surface area contributed by atoms with Crippen molar-refractivity contribution in [3.63, 3.8) is 0 Å². The summed E-state index contributed by atoms with van der Waals surface area (Å²) in [4.78, 5) is 12.1. The second-order valence-electron chi connectivity index (χ2n) is 5.91. The molecule has 1 amide bonds. The first-order valence-electron chi connectivity index (χ1n) is 8.14. The monoisotopic (exact) mass is 419 g/mol. The summed E-state index contributed by atoms with van der Waals surface area (Å²) in [7, 11) is 0. The summed E-state index contributed by atoms with van der Waals surface area (Å²) < 4.78 is 1.77. The summed E-state index contributed by atoms with van der Waals surface area (Å²) in [5.41, 5.74) is 2.56. The number of benzene rings is 2. The predicted octanol–water partition coefficient (Wildman–Crippen LogP) is 5.85. The van der Waals surface area contributed by atoms with Gasteiger partial charge in [0.15, 0.2) is 5.82 Å². The molecule has 7 heteroatoms. The zero-order chi connectivity index (χ0) is 19.4. The van der Waals surface area contributed by atoms with Crippen LogP contribution in [0.1, 0.15) is 16.8 Å². The van der Waals surface area contributed by atoms with E-state index in [2.05, 4.69) is 10.4 Å². The highest BCUT2D eigenvalue weighted by Crippen LogP contribution is 2.22. The molecule has 1 heterocycles. The molecule has 1 aromatic heterocycles. The number of aryl methyl sites for hydroxylation is 1. The zero-order valence-electron chi connectivity index (χ0n) is 14.4. The number of hydrogen-bond acceptors (Lipinski definition) is 2. The lowest BCUT2D eigenvalue weighted by atomic mass is 10.2. The van der Waals surface area contributed by atoms with Crippen molar-refractivity contribution in [1.82, 2.24) is 9.78 Å². The molecule has 138 valence electrons. The minimum Gasteiger partial charge on any atom is -0.306 e. The number of aromatic nitrogens is 2. The lowest BCUT2D eigenvalue weighted by Crippen LogP contribution is -2.09. The Labute approximate surface area is 172 Å². The Morgan fingerprint density at radius 3 is 2.63 bits per heavy atom. The third-order valence-electron chi connectivity index (χ3n) is 3.89. The summed E-state index contributed by atoms with van der Waals surface area (Å²) in [5.74, 6) is 0.176. The fourth-order valence-corrected chi connectivity index (χ4v) is 3.15. The van der Waals surface area contributed by atoms with Crippen molar-refractivity contribution in [2.24, 2.45) is 0 Å². The second-order valence-corrected chi connectivity index (χ2v) is 7.16. The van der Waals surface area contributed by atoms with Gasteiger partial charge in [-0.05, 0) is 42.3 Å². The molecular formula is C20H16Cl3N3O. The van der Waals surface area contributed by atoms with Gasteiger partial charge in [-0.1, -0.05) is 59.1 Å². The Bertz CT molecular complexity index is 1010. The van der Waals surface area contributed by atoms with Gasteiger partial charge in [0.1, 0.15) is 0 Å². The molecule has 0 atom stereocenters. The van der Waals surface area contributed by atoms with E-state index >= 15 is 0 Å². The summed E-state index contributed by atoms with van der Waals surface area (Å²) in [5, 5.41) is 8.90. The van der Waals surface area contributed by atoms with E-state index in [4.69, 9.17) is 34.8 Å². The highest BCUT2D eigenvalue weighted by atomic mass is 35.5. The summed E-state index contributed by atoms with van der Waals surface area (Å²) in [6, 6.07) is 14.4. The van der Waals surface area contributed by atoms with Crippen LogP contribution in [0.5, 0.6) is 0 Å². The molecule has 1 N–H and O–H groups in total. The van der Waals surface area contributed by atoms with Crippen molar-refractivity contribution in [2.75, 3.05) is 5.32 Å². The molecule has 0 saturated carbocycles. The van der Waals surface area contributed by atoms with Gasteiger partial charge in [-0.3, -0.25) is 9.48 Å². The number of carbonyl (C=O) groups is 1. The molecule has 0 aliphatic carbocycles. The molecule has 4 nitrogen and oxygen atoms in total. The van der Waals surface area contributed by atoms with Gasteiger partial charge < -0.3 is 5.32 Å². The summed E-state index contributed by atoms with van der Waals surface area (Å²) in [6.07, 6.45) is 3.08. The molecule has 0 fully saturated rings. The average Bonchev–Trinajstić information content (AvgIpc) is 2.95. The Hall–Kier alpha value is -2.27.